The zero-order valence-corrected chi connectivity index (χ0v) is 12.6. The monoisotopic (exact) mass is 318 g/mol. The van der Waals surface area contributed by atoms with E-state index in [1.54, 1.807) is 6.07 Å². The maximum absolute atomic E-state index is 10.9. The molecule has 0 bridgehead atoms. The molecule has 2 rings (SSSR count). The molecule has 1 atom stereocenters. The van der Waals surface area contributed by atoms with Gasteiger partial charge in [-0.05, 0) is 18.7 Å². The van der Waals surface area contributed by atoms with Gasteiger partial charge in [0, 0.05) is 17.1 Å². The summed E-state index contributed by atoms with van der Waals surface area (Å²) >= 11 is 12.2. The molecule has 0 saturated carbocycles. The predicted molar refractivity (Wildman–Crippen MR) is 77.6 cm³/mol. The highest BCUT2D eigenvalue weighted by atomic mass is 35.5. The summed E-state index contributed by atoms with van der Waals surface area (Å²) in [6, 6.07) is 3.44. The molecule has 1 aliphatic rings. The molecule has 1 heterocycles. The highest BCUT2D eigenvalue weighted by molar-refractivity contribution is 6.35. The average Bonchev–Trinajstić information content (AvgIpc) is 2.80. The maximum Gasteiger partial charge on any atom is 0.407 e. The lowest BCUT2D eigenvalue weighted by Gasteiger charge is -2.16. The van der Waals surface area contributed by atoms with E-state index in [4.69, 9.17) is 32.7 Å². The second-order valence-electron chi connectivity index (χ2n) is 4.38. The molecular weight excluding hydrogens is 303 g/mol. The first kappa shape index (κ1) is 15.2. The van der Waals surface area contributed by atoms with Crippen LogP contribution in [0.5, 0.6) is 5.75 Å². The molecule has 1 aromatic rings. The predicted octanol–water partition coefficient (Wildman–Crippen LogP) is 2.59. The van der Waals surface area contributed by atoms with Gasteiger partial charge in [-0.15, -0.1) is 0 Å². The molecule has 1 aromatic carbocycles. The summed E-state index contributed by atoms with van der Waals surface area (Å²) in [7, 11) is 0. The maximum atomic E-state index is 10.9. The lowest BCUT2D eigenvalue weighted by atomic mass is 10.2. The normalized spacial score (nSPS) is 17.8. The Morgan fingerprint density at radius 3 is 2.95 bits per heavy atom. The zero-order chi connectivity index (χ0) is 14.5. The van der Waals surface area contributed by atoms with Crippen molar-refractivity contribution in [2.24, 2.45) is 0 Å². The number of cyclic esters (lactones) is 1. The van der Waals surface area contributed by atoms with Crippen molar-refractivity contribution in [3.05, 3.63) is 27.7 Å². The van der Waals surface area contributed by atoms with Crippen LogP contribution in [0.25, 0.3) is 0 Å². The van der Waals surface area contributed by atoms with Gasteiger partial charge in [-0.3, -0.25) is 0 Å². The molecule has 1 saturated heterocycles. The van der Waals surface area contributed by atoms with Crippen molar-refractivity contribution in [2.75, 3.05) is 19.7 Å². The van der Waals surface area contributed by atoms with Crippen LogP contribution in [0, 0.1) is 0 Å². The van der Waals surface area contributed by atoms with Crippen LogP contribution in [-0.2, 0) is 11.3 Å². The van der Waals surface area contributed by atoms with Crippen LogP contribution in [0.4, 0.5) is 4.79 Å². The molecule has 1 fully saturated rings. The van der Waals surface area contributed by atoms with Gasteiger partial charge in [0.25, 0.3) is 0 Å². The SMILES string of the molecule is CCNCc1cc(Cl)cc(Cl)c1OCC1CNC(=O)O1. The van der Waals surface area contributed by atoms with E-state index in [-0.39, 0.29) is 12.7 Å². The van der Waals surface area contributed by atoms with Gasteiger partial charge in [0.2, 0.25) is 0 Å². The Morgan fingerprint density at radius 2 is 2.30 bits per heavy atom. The lowest BCUT2D eigenvalue weighted by molar-refractivity contribution is 0.104. The third-order valence-electron chi connectivity index (χ3n) is 2.81. The fraction of sp³-hybridized carbons (Fsp3) is 0.462. The summed E-state index contributed by atoms with van der Waals surface area (Å²) in [6.07, 6.45) is -0.727. The summed E-state index contributed by atoms with van der Waals surface area (Å²) in [5.74, 6) is 0.569. The number of rotatable bonds is 6. The van der Waals surface area contributed by atoms with Gasteiger partial charge in [-0.25, -0.2) is 4.79 Å². The molecule has 0 spiro atoms. The number of halogens is 2. The molecule has 20 heavy (non-hydrogen) atoms. The van der Waals surface area contributed by atoms with Gasteiger partial charge in [-0.2, -0.15) is 0 Å². The Balaban J connectivity index is 2.06. The minimum absolute atomic E-state index is 0.249. The second kappa shape index (κ2) is 7.02. The van der Waals surface area contributed by atoms with Crippen LogP contribution in [0.3, 0.4) is 0 Å². The summed E-state index contributed by atoms with van der Waals surface area (Å²) in [5.41, 5.74) is 0.877. The van der Waals surface area contributed by atoms with E-state index in [1.165, 1.54) is 0 Å². The number of hydrogen-bond acceptors (Lipinski definition) is 4. The highest BCUT2D eigenvalue weighted by Gasteiger charge is 2.23. The average molecular weight is 319 g/mol. The molecule has 0 aliphatic carbocycles. The molecular formula is C13H16Cl2N2O3. The molecule has 2 N–H and O–H groups in total. The van der Waals surface area contributed by atoms with Crippen molar-refractivity contribution in [3.8, 4) is 5.75 Å². The Labute approximate surface area is 127 Å². The number of hydrogen-bond donors (Lipinski definition) is 2. The number of benzene rings is 1. The van der Waals surface area contributed by atoms with Gasteiger partial charge in [0.05, 0.1) is 11.6 Å². The van der Waals surface area contributed by atoms with Gasteiger partial charge in [0.1, 0.15) is 12.4 Å². The van der Waals surface area contributed by atoms with E-state index >= 15 is 0 Å². The van der Waals surface area contributed by atoms with Crippen molar-refractivity contribution in [3.63, 3.8) is 0 Å². The number of carbonyl (C=O) groups excluding carboxylic acids is 1. The zero-order valence-electron chi connectivity index (χ0n) is 11.0. The Kier molecular flexibility index (Phi) is 5.34. The summed E-state index contributed by atoms with van der Waals surface area (Å²) in [5, 5.41) is 6.78. The van der Waals surface area contributed by atoms with Gasteiger partial charge >= 0.3 is 6.09 Å². The van der Waals surface area contributed by atoms with E-state index in [9.17, 15) is 4.79 Å². The molecule has 5 nitrogen and oxygen atoms in total. The summed E-state index contributed by atoms with van der Waals surface area (Å²) in [4.78, 5) is 10.9. The van der Waals surface area contributed by atoms with E-state index in [0.717, 1.165) is 12.1 Å². The van der Waals surface area contributed by atoms with Crippen molar-refractivity contribution in [1.82, 2.24) is 10.6 Å². The van der Waals surface area contributed by atoms with Crippen molar-refractivity contribution in [1.29, 1.82) is 0 Å². The molecule has 1 unspecified atom stereocenters. The van der Waals surface area contributed by atoms with Gasteiger partial charge in [-0.1, -0.05) is 30.1 Å². The van der Waals surface area contributed by atoms with E-state index in [0.29, 0.717) is 28.9 Å². The standard InChI is InChI=1S/C13H16Cl2N2O3/c1-2-16-5-8-3-9(14)4-11(15)12(8)19-7-10-6-17-13(18)20-10/h3-4,10,16H,2,5-7H2,1H3,(H,17,18). The quantitative estimate of drug-likeness (QED) is 0.846. The first-order chi connectivity index (χ1) is 9.60. The summed E-state index contributed by atoms with van der Waals surface area (Å²) < 4.78 is 10.7. The number of nitrogens with one attached hydrogen (secondary N) is 2. The van der Waals surface area contributed by atoms with Gasteiger partial charge < -0.3 is 20.1 Å². The minimum atomic E-state index is -0.423. The van der Waals surface area contributed by atoms with Crippen LogP contribution in [0.15, 0.2) is 12.1 Å². The van der Waals surface area contributed by atoms with Crippen LogP contribution >= 0.6 is 23.2 Å². The minimum Gasteiger partial charge on any atom is -0.488 e. The molecule has 1 aliphatic heterocycles. The fourth-order valence-electron chi connectivity index (χ4n) is 1.87. The topological polar surface area (TPSA) is 59.6 Å². The van der Waals surface area contributed by atoms with Crippen LogP contribution < -0.4 is 15.4 Å². The third kappa shape index (κ3) is 3.91. The molecule has 1 amide bonds. The third-order valence-corrected chi connectivity index (χ3v) is 3.31. The largest absolute Gasteiger partial charge is 0.488 e. The van der Waals surface area contributed by atoms with Crippen LogP contribution in [-0.4, -0.2) is 31.9 Å². The number of amides is 1. The van der Waals surface area contributed by atoms with E-state index in [1.807, 2.05) is 13.0 Å². The van der Waals surface area contributed by atoms with Crippen molar-refractivity contribution in [2.45, 2.75) is 19.6 Å². The highest BCUT2D eigenvalue weighted by Crippen LogP contribution is 2.32. The molecule has 0 radical (unpaired) electrons. The summed E-state index contributed by atoms with van der Waals surface area (Å²) in [6.45, 7) is 4.13. The first-order valence-electron chi connectivity index (χ1n) is 6.36. The number of ether oxygens (including phenoxy) is 2. The van der Waals surface area contributed by atoms with Gasteiger partial charge in [0.15, 0.2) is 6.10 Å². The lowest BCUT2D eigenvalue weighted by Crippen LogP contribution is -2.23. The van der Waals surface area contributed by atoms with Crippen LogP contribution in [0.1, 0.15) is 12.5 Å². The number of alkyl carbamates (subject to hydrolysis) is 1. The fourth-order valence-corrected chi connectivity index (χ4v) is 2.46. The van der Waals surface area contributed by atoms with Crippen LogP contribution in [0.2, 0.25) is 10.0 Å². The Hall–Kier alpha value is -1.17. The van der Waals surface area contributed by atoms with Crippen molar-refractivity contribution >= 4 is 29.3 Å². The number of carbonyl (C=O) groups is 1. The molecule has 0 aromatic heterocycles. The van der Waals surface area contributed by atoms with E-state index < -0.39 is 6.09 Å². The second-order valence-corrected chi connectivity index (χ2v) is 5.22. The van der Waals surface area contributed by atoms with Crippen molar-refractivity contribution < 1.29 is 14.3 Å². The first-order valence-corrected chi connectivity index (χ1v) is 7.11. The van der Waals surface area contributed by atoms with E-state index in [2.05, 4.69) is 10.6 Å². The molecule has 7 heteroatoms. The molecule has 110 valence electrons. The Morgan fingerprint density at radius 1 is 1.50 bits per heavy atom. The Bertz CT molecular complexity index is 497. The smallest absolute Gasteiger partial charge is 0.407 e.